The molecule has 31 heavy (non-hydrogen) atoms. The minimum atomic E-state index is -0.747. The topological polar surface area (TPSA) is 66.4 Å². The lowest BCUT2D eigenvalue weighted by Crippen LogP contribution is -2.47. The summed E-state index contributed by atoms with van der Waals surface area (Å²) in [6.45, 7) is 5.68. The van der Waals surface area contributed by atoms with Crippen LogP contribution in [0.3, 0.4) is 0 Å². The first kappa shape index (κ1) is 20.2. The summed E-state index contributed by atoms with van der Waals surface area (Å²) in [5.74, 6) is 0. The Bertz CT molecular complexity index is 1190. The van der Waals surface area contributed by atoms with E-state index in [0.717, 1.165) is 41.6 Å². The van der Waals surface area contributed by atoms with Crippen LogP contribution in [0, 0.1) is 0 Å². The Balaban J connectivity index is 1.25. The molecule has 3 heterocycles. The molecule has 5 rings (SSSR count). The van der Waals surface area contributed by atoms with Crippen LogP contribution in [0.15, 0.2) is 61.1 Å². The lowest BCUT2D eigenvalue weighted by atomic mass is 9.91. The standard InChI is InChI=1S/C25H30N4O2/c1-2-28-15-20(19-7-3-5-9-22(19)28)24(30)16-27-13-11-25(31,12-14-27)17-29-18-26-21-8-4-6-10-23(21)29/h3-10,15,18,24,30-31H,2,11-14,16-17H2,1H3. The fourth-order valence-electron chi connectivity index (χ4n) is 4.91. The molecule has 2 N–H and O–H groups in total. The molecule has 1 saturated heterocycles. The van der Waals surface area contributed by atoms with Crippen LogP contribution in [0.4, 0.5) is 0 Å². The van der Waals surface area contributed by atoms with Gasteiger partial charge in [-0.3, -0.25) is 0 Å². The highest BCUT2D eigenvalue weighted by atomic mass is 16.3. The second-order valence-electron chi connectivity index (χ2n) is 8.79. The summed E-state index contributed by atoms with van der Waals surface area (Å²) < 4.78 is 4.25. The molecular formula is C25H30N4O2. The molecule has 1 atom stereocenters. The third-order valence-corrected chi connectivity index (χ3v) is 6.73. The van der Waals surface area contributed by atoms with E-state index in [1.165, 1.54) is 5.52 Å². The number of imidazole rings is 1. The molecule has 162 valence electrons. The first-order valence-corrected chi connectivity index (χ1v) is 11.2. The Morgan fingerprint density at radius 2 is 1.71 bits per heavy atom. The van der Waals surface area contributed by atoms with Crippen molar-refractivity contribution >= 4 is 21.9 Å². The van der Waals surface area contributed by atoms with Crippen LogP contribution < -0.4 is 0 Å². The third kappa shape index (κ3) is 3.87. The summed E-state index contributed by atoms with van der Waals surface area (Å²) in [6.07, 6.45) is 4.73. The largest absolute Gasteiger partial charge is 0.388 e. The average molecular weight is 419 g/mol. The number of benzene rings is 2. The van der Waals surface area contributed by atoms with Crippen LogP contribution in [0.2, 0.25) is 0 Å². The normalized spacial score (nSPS) is 18.0. The molecule has 0 saturated carbocycles. The summed E-state index contributed by atoms with van der Waals surface area (Å²) in [4.78, 5) is 6.71. The number of nitrogens with zero attached hydrogens (tertiary/aromatic N) is 4. The number of rotatable bonds is 6. The van der Waals surface area contributed by atoms with Crippen LogP contribution in [-0.2, 0) is 13.1 Å². The predicted octanol–water partition coefficient (Wildman–Crippen LogP) is 3.57. The lowest BCUT2D eigenvalue weighted by molar-refractivity contribution is -0.0408. The average Bonchev–Trinajstić information content (AvgIpc) is 3.37. The van der Waals surface area contributed by atoms with E-state index in [9.17, 15) is 10.2 Å². The number of piperidine rings is 1. The summed E-state index contributed by atoms with van der Waals surface area (Å²) in [7, 11) is 0. The van der Waals surface area contributed by atoms with Gasteiger partial charge in [-0.15, -0.1) is 0 Å². The van der Waals surface area contributed by atoms with Crippen LogP contribution in [0.5, 0.6) is 0 Å². The van der Waals surface area contributed by atoms with E-state index in [0.29, 0.717) is 25.9 Å². The van der Waals surface area contributed by atoms with Crippen molar-refractivity contribution in [3.05, 3.63) is 66.6 Å². The van der Waals surface area contributed by atoms with Crippen molar-refractivity contribution in [3.8, 4) is 0 Å². The van der Waals surface area contributed by atoms with E-state index in [1.807, 2.05) is 42.7 Å². The van der Waals surface area contributed by atoms with Gasteiger partial charge in [0.2, 0.25) is 0 Å². The second kappa shape index (κ2) is 8.11. The number of aliphatic hydroxyl groups is 2. The zero-order valence-electron chi connectivity index (χ0n) is 18.0. The van der Waals surface area contributed by atoms with Gasteiger partial charge in [-0.2, -0.15) is 0 Å². The van der Waals surface area contributed by atoms with Crippen molar-refractivity contribution < 1.29 is 10.2 Å². The number of aromatic nitrogens is 3. The zero-order valence-corrected chi connectivity index (χ0v) is 18.0. The van der Waals surface area contributed by atoms with Crippen LogP contribution in [0.25, 0.3) is 21.9 Å². The maximum absolute atomic E-state index is 11.2. The number of β-amino-alcohol motifs (C(OH)–C–C–N with tert-alkyl or cyclic N) is 1. The van der Waals surface area contributed by atoms with E-state index in [-0.39, 0.29) is 0 Å². The Kier molecular flexibility index (Phi) is 5.30. The number of para-hydroxylation sites is 3. The van der Waals surface area contributed by atoms with Gasteiger partial charge in [0.05, 0.1) is 35.6 Å². The van der Waals surface area contributed by atoms with E-state index in [2.05, 4.69) is 44.3 Å². The number of hydrogen-bond acceptors (Lipinski definition) is 4. The van der Waals surface area contributed by atoms with Gasteiger partial charge in [-0.25, -0.2) is 4.98 Å². The van der Waals surface area contributed by atoms with Gasteiger partial charge in [0.25, 0.3) is 0 Å². The van der Waals surface area contributed by atoms with E-state index < -0.39 is 11.7 Å². The molecule has 1 aliphatic rings. The minimum absolute atomic E-state index is 0.540. The summed E-state index contributed by atoms with van der Waals surface area (Å²) in [5.41, 5.74) is 3.42. The smallest absolute Gasteiger partial charge is 0.0959 e. The number of aliphatic hydroxyl groups excluding tert-OH is 1. The van der Waals surface area contributed by atoms with Gasteiger partial charge in [0, 0.05) is 48.8 Å². The van der Waals surface area contributed by atoms with Crippen molar-refractivity contribution in [1.29, 1.82) is 0 Å². The maximum atomic E-state index is 11.2. The predicted molar refractivity (Wildman–Crippen MR) is 123 cm³/mol. The molecule has 1 aliphatic heterocycles. The molecule has 0 amide bonds. The molecule has 0 bridgehead atoms. The molecular weight excluding hydrogens is 388 g/mol. The quantitative estimate of drug-likeness (QED) is 0.502. The number of likely N-dealkylation sites (tertiary alicyclic amines) is 1. The molecule has 6 nitrogen and oxygen atoms in total. The highest BCUT2D eigenvalue weighted by molar-refractivity contribution is 5.84. The summed E-state index contributed by atoms with van der Waals surface area (Å²) in [5, 5.41) is 23.3. The monoisotopic (exact) mass is 418 g/mol. The molecule has 2 aromatic carbocycles. The Labute approximate surface area is 182 Å². The summed E-state index contributed by atoms with van der Waals surface area (Å²) >= 11 is 0. The van der Waals surface area contributed by atoms with Gasteiger partial charge in [0.1, 0.15) is 0 Å². The molecule has 0 spiro atoms. The molecule has 0 radical (unpaired) electrons. The first-order chi connectivity index (χ1) is 15.1. The van der Waals surface area contributed by atoms with Gasteiger partial charge < -0.3 is 24.2 Å². The van der Waals surface area contributed by atoms with Gasteiger partial charge in [-0.1, -0.05) is 30.3 Å². The van der Waals surface area contributed by atoms with E-state index in [1.54, 1.807) is 0 Å². The molecule has 1 fully saturated rings. The van der Waals surface area contributed by atoms with Crippen molar-refractivity contribution in [2.24, 2.45) is 0 Å². The van der Waals surface area contributed by atoms with E-state index >= 15 is 0 Å². The van der Waals surface area contributed by atoms with E-state index in [4.69, 9.17) is 0 Å². The third-order valence-electron chi connectivity index (χ3n) is 6.73. The molecule has 1 unspecified atom stereocenters. The van der Waals surface area contributed by atoms with Crippen molar-refractivity contribution in [2.45, 2.75) is 44.6 Å². The number of aryl methyl sites for hydroxylation is 1. The maximum Gasteiger partial charge on any atom is 0.0959 e. The molecule has 4 aromatic rings. The molecule has 0 aliphatic carbocycles. The van der Waals surface area contributed by atoms with Crippen molar-refractivity contribution in [1.82, 2.24) is 19.0 Å². The van der Waals surface area contributed by atoms with Crippen molar-refractivity contribution in [3.63, 3.8) is 0 Å². The lowest BCUT2D eigenvalue weighted by Gasteiger charge is -2.39. The highest BCUT2D eigenvalue weighted by Gasteiger charge is 2.34. The van der Waals surface area contributed by atoms with Crippen LogP contribution in [0.1, 0.15) is 31.4 Å². The number of fused-ring (bicyclic) bond motifs is 2. The minimum Gasteiger partial charge on any atom is -0.388 e. The Morgan fingerprint density at radius 1 is 1.00 bits per heavy atom. The second-order valence-corrected chi connectivity index (χ2v) is 8.79. The highest BCUT2D eigenvalue weighted by Crippen LogP contribution is 2.30. The number of hydrogen-bond donors (Lipinski definition) is 2. The summed E-state index contributed by atoms with van der Waals surface area (Å²) in [6, 6.07) is 16.3. The Hall–Kier alpha value is -2.67. The van der Waals surface area contributed by atoms with Crippen LogP contribution in [-0.4, -0.2) is 54.5 Å². The Morgan fingerprint density at radius 3 is 2.48 bits per heavy atom. The molecule has 6 heteroatoms. The van der Waals surface area contributed by atoms with Crippen LogP contribution >= 0.6 is 0 Å². The molecule has 2 aromatic heterocycles. The SMILES string of the molecule is CCn1cc(C(O)CN2CCC(O)(Cn3cnc4ccccc43)CC2)c2ccccc21. The first-order valence-electron chi connectivity index (χ1n) is 11.2. The van der Waals surface area contributed by atoms with Gasteiger partial charge >= 0.3 is 0 Å². The van der Waals surface area contributed by atoms with Crippen molar-refractivity contribution in [2.75, 3.05) is 19.6 Å². The fourth-order valence-corrected chi connectivity index (χ4v) is 4.91. The van der Waals surface area contributed by atoms with Gasteiger partial charge in [0.15, 0.2) is 0 Å². The zero-order chi connectivity index (χ0) is 21.4. The fraction of sp³-hybridized carbons (Fsp3) is 0.400. The van der Waals surface area contributed by atoms with Gasteiger partial charge in [-0.05, 0) is 38.0 Å².